The monoisotopic (exact) mass is 290 g/mol. The molecule has 3 fully saturated rings. The van der Waals surface area contributed by atoms with E-state index in [0.717, 1.165) is 40.9 Å². The van der Waals surface area contributed by atoms with Crippen molar-refractivity contribution in [1.29, 1.82) is 0 Å². The van der Waals surface area contributed by atoms with Gasteiger partial charge in [-0.1, -0.05) is 54.4 Å². The second kappa shape index (κ2) is 5.57. The summed E-state index contributed by atoms with van der Waals surface area (Å²) in [6, 6.07) is 0. The van der Waals surface area contributed by atoms with E-state index in [1.165, 1.54) is 24.7 Å². The SMILES string of the molecule is CC(CCC(C)C(C(C)C)C(C)C)CC1CC2CC3CC123. The van der Waals surface area contributed by atoms with Crippen LogP contribution in [0.15, 0.2) is 0 Å². The lowest BCUT2D eigenvalue weighted by Gasteiger charge is -2.54. The first-order valence-electron chi connectivity index (χ1n) is 9.86. The lowest BCUT2D eigenvalue weighted by Crippen LogP contribution is -2.47. The Kier molecular flexibility index (Phi) is 4.21. The molecule has 0 radical (unpaired) electrons. The molecule has 122 valence electrons. The van der Waals surface area contributed by atoms with Gasteiger partial charge in [0, 0.05) is 0 Å². The fourth-order valence-corrected chi connectivity index (χ4v) is 6.87. The summed E-state index contributed by atoms with van der Waals surface area (Å²) in [7, 11) is 0. The predicted molar refractivity (Wildman–Crippen MR) is 92.1 cm³/mol. The molecule has 6 atom stereocenters. The maximum absolute atomic E-state index is 2.53. The summed E-state index contributed by atoms with van der Waals surface area (Å²) in [5, 5.41) is 0. The first kappa shape index (κ1) is 15.9. The summed E-state index contributed by atoms with van der Waals surface area (Å²) in [4.78, 5) is 0. The zero-order chi connectivity index (χ0) is 15.4. The van der Waals surface area contributed by atoms with Crippen molar-refractivity contribution in [3.05, 3.63) is 0 Å². The molecule has 0 N–H and O–H groups in total. The van der Waals surface area contributed by atoms with Crippen LogP contribution >= 0.6 is 0 Å². The van der Waals surface area contributed by atoms with Crippen LogP contribution in [0, 0.1) is 52.8 Å². The third-order valence-corrected chi connectivity index (χ3v) is 7.86. The molecule has 0 amide bonds. The Morgan fingerprint density at radius 2 is 1.52 bits per heavy atom. The minimum Gasteiger partial charge on any atom is -0.0625 e. The zero-order valence-electron chi connectivity index (χ0n) is 15.4. The van der Waals surface area contributed by atoms with E-state index in [4.69, 9.17) is 0 Å². The molecule has 3 aliphatic rings. The summed E-state index contributed by atoms with van der Waals surface area (Å²) in [6.45, 7) is 14.7. The van der Waals surface area contributed by atoms with E-state index in [1.54, 1.807) is 25.7 Å². The summed E-state index contributed by atoms with van der Waals surface area (Å²) in [6.07, 6.45) is 9.29. The highest BCUT2D eigenvalue weighted by molar-refractivity contribution is 5.24. The fourth-order valence-electron chi connectivity index (χ4n) is 6.87. The van der Waals surface area contributed by atoms with Crippen LogP contribution in [-0.4, -0.2) is 0 Å². The topological polar surface area (TPSA) is 0 Å². The molecule has 1 spiro atoms. The molecular weight excluding hydrogens is 252 g/mol. The Balaban J connectivity index is 1.40. The van der Waals surface area contributed by atoms with Crippen molar-refractivity contribution in [3.63, 3.8) is 0 Å². The van der Waals surface area contributed by atoms with E-state index in [1.807, 2.05) is 0 Å². The van der Waals surface area contributed by atoms with Gasteiger partial charge in [-0.05, 0) is 78.4 Å². The molecule has 0 aromatic carbocycles. The van der Waals surface area contributed by atoms with Crippen LogP contribution in [0.1, 0.15) is 80.1 Å². The summed E-state index contributed by atoms with van der Waals surface area (Å²) in [5.74, 6) is 7.96. The lowest BCUT2D eigenvalue weighted by atomic mass is 9.50. The summed E-state index contributed by atoms with van der Waals surface area (Å²) >= 11 is 0. The molecule has 3 saturated carbocycles. The minimum atomic E-state index is 0.837. The number of hydrogen-bond donors (Lipinski definition) is 0. The minimum absolute atomic E-state index is 0.837. The first-order valence-corrected chi connectivity index (χ1v) is 9.86. The predicted octanol–water partition coefficient (Wildman–Crippen LogP) is 6.40. The molecular formula is C21H38. The van der Waals surface area contributed by atoms with Crippen LogP contribution in [0.25, 0.3) is 0 Å². The maximum Gasteiger partial charge on any atom is -0.0209 e. The van der Waals surface area contributed by atoms with Crippen molar-refractivity contribution in [2.75, 3.05) is 0 Å². The van der Waals surface area contributed by atoms with Gasteiger partial charge in [0.1, 0.15) is 0 Å². The van der Waals surface area contributed by atoms with Crippen molar-refractivity contribution in [2.45, 2.75) is 80.1 Å². The highest BCUT2D eigenvalue weighted by atomic mass is 14.8. The van der Waals surface area contributed by atoms with Crippen LogP contribution in [0.2, 0.25) is 0 Å². The standard InChI is InChI=1S/C21H38/c1-13(2)20(14(3)4)16(6)8-7-15(5)9-17-10-18-11-19-12-21(17,18)19/h13-20H,7-12H2,1-6H3. The fraction of sp³-hybridized carbons (Fsp3) is 1.00. The molecule has 0 heterocycles. The average Bonchev–Trinajstić information content (AvgIpc) is 3.06. The second-order valence-electron chi connectivity index (χ2n) is 9.84. The third kappa shape index (κ3) is 2.59. The summed E-state index contributed by atoms with van der Waals surface area (Å²) in [5.41, 5.74) is 0.943. The lowest BCUT2D eigenvalue weighted by molar-refractivity contribution is -0.0583. The van der Waals surface area contributed by atoms with E-state index in [9.17, 15) is 0 Å². The van der Waals surface area contributed by atoms with E-state index in [2.05, 4.69) is 41.5 Å². The van der Waals surface area contributed by atoms with Gasteiger partial charge in [0.2, 0.25) is 0 Å². The van der Waals surface area contributed by atoms with Crippen LogP contribution in [-0.2, 0) is 0 Å². The Morgan fingerprint density at radius 3 is 2.00 bits per heavy atom. The van der Waals surface area contributed by atoms with Gasteiger partial charge in [-0.15, -0.1) is 0 Å². The van der Waals surface area contributed by atoms with Gasteiger partial charge < -0.3 is 0 Å². The largest absolute Gasteiger partial charge is 0.0625 e. The molecule has 0 nitrogen and oxygen atoms in total. The zero-order valence-corrected chi connectivity index (χ0v) is 15.4. The van der Waals surface area contributed by atoms with Gasteiger partial charge in [-0.2, -0.15) is 0 Å². The van der Waals surface area contributed by atoms with Crippen molar-refractivity contribution in [1.82, 2.24) is 0 Å². The maximum atomic E-state index is 2.53. The average molecular weight is 291 g/mol. The van der Waals surface area contributed by atoms with Crippen LogP contribution in [0.3, 0.4) is 0 Å². The normalized spacial score (nSPS) is 39.6. The Labute approximate surface area is 133 Å². The van der Waals surface area contributed by atoms with Gasteiger partial charge in [-0.25, -0.2) is 0 Å². The van der Waals surface area contributed by atoms with Crippen molar-refractivity contribution < 1.29 is 0 Å². The van der Waals surface area contributed by atoms with Crippen LogP contribution in [0.4, 0.5) is 0 Å². The van der Waals surface area contributed by atoms with Crippen LogP contribution < -0.4 is 0 Å². The Hall–Kier alpha value is 0. The molecule has 21 heavy (non-hydrogen) atoms. The highest BCUT2D eigenvalue weighted by Crippen LogP contribution is 2.83. The van der Waals surface area contributed by atoms with Crippen molar-refractivity contribution in [2.24, 2.45) is 52.8 Å². The first-order chi connectivity index (χ1) is 9.86. The van der Waals surface area contributed by atoms with Gasteiger partial charge in [0.15, 0.2) is 0 Å². The Morgan fingerprint density at radius 1 is 0.857 bits per heavy atom. The molecule has 0 heteroatoms. The van der Waals surface area contributed by atoms with E-state index >= 15 is 0 Å². The molecule has 0 aromatic rings. The van der Waals surface area contributed by atoms with Crippen molar-refractivity contribution >= 4 is 0 Å². The van der Waals surface area contributed by atoms with Gasteiger partial charge in [0.25, 0.3) is 0 Å². The van der Waals surface area contributed by atoms with Crippen molar-refractivity contribution in [3.8, 4) is 0 Å². The third-order valence-electron chi connectivity index (χ3n) is 7.86. The van der Waals surface area contributed by atoms with Gasteiger partial charge in [-0.3, -0.25) is 0 Å². The second-order valence-corrected chi connectivity index (χ2v) is 9.84. The smallest absolute Gasteiger partial charge is 0.0209 e. The molecule has 3 aliphatic carbocycles. The number of hydrogen-bond acceptors (Lipinski definition) is 0. The van der Waals surface area contributed by atoms with Gasteiger partial charge in [0.05, 0.1) is 0 Å². The van der Waals surface area contributed by atoms with E-state index in [0.29, 0.717) is 0 Å². The molecule has 0 aromatic heterocycles. The number of rotatable bonds is 8. The molecule has 0 bridgehead atoms. The molecule has 0 aliphatic heterocycles. The molecule has 3 rings (SSSR count). The molecule has 6 unspecified atom stereocenters. The Bertz CT molecular complexity index is 360. The quantitative estimate of drug-likeness (QED) is 0.485. The summed E-state index contributed by atoms with van der Waals surface area (Å²) < 4.78 is 0. The van der Waals surface area contributed by atoms with E-state index in [-0.39, 0.29) is 0 Å². The van der Waals surface area contributed by atoms with Gasteiger partial charge >= 0.3 is 0 Å². The van der Waals surface area contributed by atoms with Crippen LogP contribution in [0.5, 0.6) is 0 Å². The molecule has 0 saturated heterocycles. The van der Waals surface area contributed by atoms with E-state index < -0.39 is 0 Å². The highest BCUT2D eigenvalue weighted by Gasteiger charge is 2.76.